The summed E-state index contributed by atoms with van der Waals surface area (Å²) in [6.07, 6.45) is 7.41. The molecule has 1 fully saturated rings. The summed E-state index contributed by atoms with van der Waals surface area (Å²) in [7, 11) is 0. The Hall–Kier alpha value is -1.16. The first-order valence-corrected chi connectivity index (χ1v) is 6.09. The standard InChI is InChI=1S/C12H20N4/c1-2-10-3-5-16(6-4-10)12-9-14-8-11(7-13)15-12/h8-10H,2-7,13H2,1H3. The van der Waals surface area contributed by atoms with Crippen LogP contribution < -0.4 is 10.6 Å². The minimum atomic E-state index is 0.465. The van der Waals surface area contributed by atoms with Crippen molar-refractivity contribution in [3.05, 3.63) is 18.1 Å². The molecular formula is C12H20N4. The van der Waals surface area contributed by atoms with Crippen LogP contribution in [0.2, 0.25) is 0 Å². The molecule has 1 aliphatic heterocycles. The first-order valence-electron chi connectivity index (χ1n) is 6.09. The Labute approximate surface area is 96.9 Å². The Morgan fingerprint density at radius 1 is 1.38 bits per heavy atom. The van der Waals surface area contributed by atoms with Gasteiger partial charge in [-0.2, -0.15) is 0 Å². The number of piperidine rings is 1. The average molecular weight is 220 g/mol. The third-order valence-electron chi connectivity index (χ3n) is 3.40. The topological polar surface area (TPSA) is 55.0 Å². The van der Waals surface area contributed by atoms with E-state index >= 15 is 0 Å². The number of anilines is 1. The van der Waals surface area contributed by atoms with E-state index in [-0.39, 0.29) is 0 Å². The largest absolute Gasteiger partial charge is 0.355 e. The van der Waals surface area contributed by atoms with Crippen LogP contribution >= 0.6 is 0 Å². The van der Waals surface area contributed by atoms with Gasteiger partial charge in [0.1, 0.15) is 5.82 Å². The van der Waals surface area contributed by atoms with Gasteiger partial charge in [-0.25, -0.2) is 4.98 Å². The first kappa shape index (κ1) is 11.3. The molecule has 4 nitrogen and oxygen atoms in total. The molecular weight excluding hydrogens is 200 g/mol. The molecule has 4 heteroatoms. The smallest absolute Gasteiger partial charge is 0.147 e. The lowest BCUT2D eigenvalue weighted by Gasteiger charge is -2.32. The molecule has 0 saturated carbocycles. The van der Waals surface area contributed by atoms with Crippen molar-refractivity contribution in [2.45, 2.75) is 32.7 Å². The van der Waals surface area contributed by atoms with Gasteiger partial charge in [0.05, 0.1) is 11.9 Å². The Balaban J connectivity index is 2.02. The third-order valence-corrected chi connectivity index (χ3v) is 3.40. The van der Waals surface area contributed by atoms with Crippen LogP contribution in [0, 0.1) is 5.92 Å². The summed E-state index contributed by atoms with van der Waals surface area (Å²) in [5, 5.41) is 0. The summed E-state index contributed by atoms with van der Waals surface area (Å²) < 4.78 is 0. The van der Waals surface area contributed by atoms with Crippen molar-refractivity contribution in [1.29, 1.82) is 0 Å². The highest BCUT2D eigenvalue weighted by atomic mass is 15.2. The molecule has 2 heterocycles. The normalized spacial score (nSPS) is 17.8. The lowest BCUT2D eigenvalue weighted by atomic mass is 9.94. The fourth-order valence-corrected chi connectivity index (χ4v) is 2.22. The Morgan fingerprint density at radius 2 is 2.12 bits per heavy atom. The molecule has 0 bridgehead atoms. The van der Waals surface area contributed by atoms with Crippen LogP contribution in [-0.2, 0) is 6.54 Å². The molecule has 0 unspecified atom stereocenters. The highest BCUT2D eigenvalue weighted by Gasteiger charge is 2.18. The number of nitrogens with two attached hydrogens (primary N) is 1. The van der Waals surface area contributed by atoms with Crippen molar-refractivity contribution >= 4 is 5.82 Å². The molecule has 1 saturated heterocycles. The van der Waals surface area contributed by atoms with Crippen molar-refractivity contribution in [2.24, 2.45) is 11.7 Å². The van der Waals surface area contributed by atoms with Gasteiger partial charge in [-0.15, -0.1) is 0 Å². The molecule has 0 aliphatic carbocycles. The second-order valence-corrected chi connectivity index (χ2v) is 4.41. The highest BCUT2D eigenvalue weighted by Crippen LogP contribution is 2.23. The molecule has 0 spiro atoms. The van der Waals surface area contributed by atoms with E-state index in [1.165, 1.54) is 19.3 Å². The van der Waals surface area contributed by atoms with Gasteiger partial charge in [0, 0.05) is 25.8 Å². The summed E-state index contributed by atoms with van der Waals surface area (Å²) in [5.41, 5.74) is 6.44. The van der Waals surface area contributed by atoms with E-state index in [1.807, 2.05) is 6.20 Å². The molecule has 0 radical (unpaired) electrons. The van der Waals surface area contributed by atoms with Crippen LogP contribution in [0.4, 0.5) is 5.82 Å². The van der Waals surface area contributed by atoms with Gasteiger partial charge in [0.25, 0.3) is 0 Å². The van der Waals surface area contributed by atoms with Gasteiger partial charge in [-0.1, -0.05) is 13.3 Å². The Bertz CT molecular complexity index is 332. The number of hydrogen-bond donors (Lipinski definition) is 1. The van der Waals surface area contributed by atoms with Gasteiger partial charge in [-0.05, 0) is 18.8 Å². The van der Waals surface area contributed by atoms with Crippen molar-refractivity contribution in [3.63, 3.8) is 0 Å². The minimum Gasteiger partial charge on any atom is -0.355 e. The maximum atomic E-state index is 5.57. The van der Waals surface area contributed by atoms with Crippen LogP contribution in [-0.4, -0.2) is 23.1 Å². The molecule has 0 amide bonds. The van der Waals surface area contributed by atoms with Crippen LogP contribution in [0.1, 0.15) is 31.9 Å². The van der Waals surface area contributed by atoms with Gasteiger partial charge >= 0.3 is 0 Å². The summed E-state index contributed by atoms with van der Waals surface area (Å²) >= 11 is 0. The second kappa shape index (κ2) is 5.25. The summed E-state index contributed by atoms with van der Waals surface area (Å²) in [5.74, 6) is 1.87. The van der Waals surface area contributed by atoms with Crippen molar-refractivity contribution in [2.75, 3.05) is 18.0 Å². The summed E-state index contributed by atoms with van der Waals surface area (Å²) in [6, 6.07) is 0. The second-order valence-electron chi connectivity index (χ2n) is 4.41. The average Bonchev–Trinajstić information content (AvgIpc) is 2.39. The molecule has 2 rings (SSSR count). The molecule has 88 valence electrons. The predicted octanol–water partition coefficient (Wildman–Crippen LogP) is 1.56. The third kappa shape index (κ3) is 2.50. The zero-order valence-electron chi connectivity index (χ0n) is 9.89. The van der Waals surface area contributed by atoms with Crippen LogP contribution in [0.3, 0.4) is 0 Å². The van der Waals surface area contributed by atoms with E-state index in [4.69, 9.17) is 5.73 Å². The van der Waals surface area contributed by atoms with Crippen molar-refractivity contribution < 1.29 is 0 Å². The maximum absolute atomic E-state index is 5.57. The number of rotatable bonds is 3. The quantitative estimate of drug-likeness (QED) is 0.840. The fraction of sp³-hybridized carbons (Fsp3) is 0.667. The Kier molecular flexibility index (Phi) is 3.72. The van der Waals surface area contributed by atoms with Gasteiger partial charge in [-0.3, -0.25) is 4.98 Å². The van der Waals surface area contributed by atoms with E-state index in [2.05, 4.69) is 21.8 Å². The predicted molar refractivity (Wildman–Crippen MR) is 65.2 cm³/mol. The van der Waals surface area contributed by atoms with Crippen LogP contribution in [0.25, 0.3) is 0 Å². The number of aromatic nitrogens is 2. The van der Waals surface area contributed by atoms with Crippen LogP contribution in [0.15, 0.2) is 12.4 Å². The monoisotopic (exact) mass is 220 g/mol. The highest BCUT2D eigenvalue weighted by molar-refractivity contribution is 5.36. The fourth-order valence-electron chi connectivity index (χ4n) is 2.22. The Morgan fingerprint density at radius 3 is 2.75 bits per heavy atom. The maximum Gasteiger partial charge on any atom is 0.147 e. The van der Waals surface area contributed by atoms with E-state index < -0.39 is 0 Å². The van der Waals surface area contributed by atoms with Gasteiger partial charge in [0.2, 0.25) is 0 Å². The first-order chi connectivity index (χ1) is 7.83. The van der Waals surface area contributed by atoms with Crippen molar-refractivity contribution in [3.8, 4) is 0 Å². The SMILES string of the molecule is CCC1CCN(c2cncc(CN)n2)CC1. The molecule has 0 aromatic carbocycles. The molecule has 0 atom stereocenters. The number of nitrogens with zero attached hydrogens (tertiary/aromatic N) is 3. The molecule has 16 heavy (non-hydrogen) atoms. The lowest BCUT2D eigenvalue weighted by molar-refractivity contribution is 0.393. The summed E-state index contributed by atoms with van der Waals surface area (Å²) in [4.78, 5) is 11.0. The zero-order valence-corrected chi connectivity index (χ0v) is 9.89. The molecule has 1 aromatic rings. The van der Waals surface area contributed by atoms with E-state index in [0.29, 0.717) is 6.54 Å². The lowest BCUT2D eigenvalue weighted by Crippen LogP contribution is -2.34. The van der Waals surface area contributed by atoms with Crippen LogP contribution in [0.5, 0.6) is 0 Å². The number of hydrogen-bond acceptors (Lipinski definition) is 4. The van der Waals surface area contributed by atoms with E-state index in [9.17, 15) is 0 Å². The van der Waals surface area contributed by atoms with E-state index in [0.717, 1.165) is 30.5 Å². The summed E-state index contributed by atoms with van der Waals surface area (Å²) in [6.45, 7) is 4.93. The minimum absolute atomic E-state index is 0.465. The van der Waals surface area contributed by atoms with Gasteiger partial charge < -0.3 is 10.6 Å². The van der Waals surface area contributed by atoms with Crippen molar-refractivity contribution in [1.82, 2.24) is 9.97 Å². The zero-order chi connectivity index (χ0) is 11.4. The molecule has 2 N–H and O–H groups in total. The molecule has 1 aromatic heterocycles. The van der Waals surface area contributed by atoms with E-state index in [1.54, 1.807) is 6.20 Å². The van der Waals surface area contributed by atoms with Gasteiger partial charge in [0.15, 0.2) is 0 Å². The molecule has 1 aliphatic rings.